The molecule has 3 N–H and O–H groups in total. The van der Waals surface area contributed by atoms with Gasteiger partial charge in [-0.2, -0.15) is 0 Å². The van der Waals surface area contributed by atoms with Crippen molar-refractivity contribution in [3.63, 3.8) is 0 Å². The van der Waals surface area contributed by atoms with Crippen molar-refractivity contribution in [2.45, 2.75) is 20.4 Å². The van der Waals surface area contributed by atoms with Crippen LogP contribution in [0.5, 0.6) is 11.5 Å². The largest absolute Gasteiger partial charge is 0.508 e. The minimum atomic E-state index is -0.473. The first-order chi connectivity index (χ1) is 13.9. The van der Waals surface area contributed by atoms with Crippen molar-refractivity contribution >= 4 is 22.6 Å². The lowest BCUT2D eigenvalue weighted by atomic mass is 10.1. The molecule has 0 aliphatic rings. The Morgan fingerprint density at radius 3 is 2.59 bits per heavy atom. The van der Waals surface area contributed by atoms with Gasteiger partial charge in [-0.25, -0.2) is 4.79 Å². The van der Waals surface area contributed by atoms with Gasteiger partial charge in [-0.1, -0.05) is 0 Å². The van der Waals surface area contributed by atoms with Crippen molar-refractivity contribution in [2.75, 3.05) is 25.5 Å². The third-order valence-corrected chi connectivity index (χ3v) is 4.94. The highest BCUT2D eigenvalue weighted by molar-refractivity contribution is 5.91. The minimum Gasteiger partial charge on any atom is -0.508 e. The monoisotopic (exact) mass is 397 g/mol. The van der Waals surface area contributed by atoms with E-state index in [0.29, 0.717) is 29.9 Å². The molecule has 2 aromatic carbocycles. The lowest BCUT2D eigenvalue weighted by molar-refractivity contribution is -0.903. The fourth-order valence-corrected chi connectivity index (χ4v) is 3.25. The lowest BCUT2D eigenvalue weighted by Crippen LogP contribution is -3.11. The predicted octanol–water partition coefficient (Wildman–Crippen LogP) is 1.86. The van der Waals surface area contributed by atoms with Gasteiger partial charge in [0, 0.05) is 28.3 Å². The van der Waals surface area contributed by atoms with E-state index < -0.39 is 5.63 Å². The maximum atomic E-state index is 12.5. The number of quaternary nitrogens is 1. The summed E-state index contributed by atoms with van der Waals surface area (Å²) in [6.45, 7) is 5.13. The topological polar surface area (TPSA) is 93.2 Å². The van der Waals surface area contributed by atoms with Crippen molar-refractivity contribution in [3.8, 4) is 11.5 Å². The molecular weight excluding hydrogens is 372 g/mol. The molecule has 7 heteroatoms. The van der Waals surface area contributed by atoms with Gasteiger partial charge in [0.05, 0.1) is 13.7 Å². The molecule has 1 unspecified atom stereocenters. The third kappa shape index (κ3) is 4.75. The summed E-state index contributed by atoms with van der Waals surface area (Å²) in [5, 5.41) is 13.5. The van der Waals surface area contributed by atoms with Gasteiger partial charge >= 0.3 is 5.63 Å². The van der Waals surface area contributed by atoms with Crippen LogP contribution in [0.3, 0.4) is 0 Å². The molecule has 0 saturated heterocycles. The fraction of sp³-hybridized carbons (Fsp3) is 0.273. The molecule has 1 amide bonds. The van der Waals surface area contributed by atoms with Gasteiger partial charge in [0.15, 0.2) is 6.54 Å². The van der Waals surface area contributed by atoms with Crippen LogP contribution in [0.15, 0.2) is 51.7 Å². The van der Waals surface area contributed by atoms with Gasteiger partial charge < -0.3 is 24.5 Å². The maximum Gasteiger partial charge on any atom is 0.336 e. The molecule has 29 heavy (non-hydrogen) atoms. The van der Waals surface area contributed by atoms with Gasteiger partial charge in [0.1, 0.15) is 23.6 Å². The first kappa shape index (κ1) is 20.4. The summed E-state index contributed by atoms with van der Waals surface area (Å²) in [5.41, 5.74) is 1.92. The second-order valence-corrected chi connectivity index (χ2v) is 6.91. The molecular formula is C22H25N2O5+. The second kappa shape index (κ2) is 8.79. The molecule has 0 aliphatic heterocycles. The van der Waals surface area contributed by atoms with E-state index in [1.54, 1.807) is 50.4 Å². The Hall–Kier alpha value is -3.32. The van der Waals surface area contributed by atoms with E-state index in [1.165, 1.54) is 6.07 Å². The smallest absolute Gasteiger partial charge is 0.336 e. The fourth-order valence-electron chi connectivity index (χ4n) is 3.25. The zero-order valence-electron chi connectivity index (χ0n) is 16.7. The summed E-state index contributed by atoms with van der Waals surface area (Å²) in [6.07, 6.45) is 0. The molecule has 0 radical (unpaired) electrons. The highest BCUT2D eigenvalue weighted by Gasteiger charge is 2.17. The third-order valence-electron chi connectivity index (χ3n) is 4.94. The number of rotatable bonds is 7. The molecule has 7 nitrogen and oxygen atoms in total. The molecule has 1 heterocycles. The average Bonchev–Trinajstić information content (AvgIpc) is 2.71. The van der Waals surface area contributed by atoms with Crippen LogP contribution in [0.2, 0.25) is 0 Å². The molecule has 0 bridgehead atoms. The van der Waals surface area contributed by atoms with Crippen molar-refractivity contribution in [2.24, 2.45) is 0 Å². The Labute approximate surface area is 168 Å². The zero-order chi connectivity index (χ0) is 21.0. The number of carbonyl (C=O) groups is 1. The number of phenols is 1. The van der Waals surface area contributed by atoms with Crippen molar-refractivity contribution in [1.82, 2.24) is 0 Å². The van der Waals surface area contributed by atoms with Crippen LogP contribution in [0, 0.1) is 6.92 Å². The van der Waals surface area contributed by atoms with Crippen LogP contribution in [-0.4, -0.2) is 31.2 Å². The Morgan fingerprint density at radius 2 is 1.93 bits per heavy atom. The maximum absolute atomic E-state index is 12.5. The number of phenolic OH excluding ortho intramolecular Hbond substituents is 1. The quantitative estimate of drug-likeness (QED) is 0.529. The Morgan fingerprint density at radius 1 is 1.21 bits per heavy atom. The molecule has 3 aromatic rings. The summed E-state index contributed by atoms with van der Waals surface area (Å²) in [4.78, 5) is 25.5. The molecule has 152 valence electrons. The Balaban J connectivity index is 1.76. The molecule has 0 aliphatic carbocycles. The Bertz CT molecular complexity index is 1070. The van der Waals surface area contributed by atoms with Crippen LogP contribution in [0.4, 0.5) is 5.69 Å². The number of aryl methyl sites for hydroxylation is 1. The number of anilines is 1. The van der Waals surface area contributed by atoms with Crippen LogP contribution < -0.4 is 20.6 Å². The van der Waals surface area contributed by atoms with E-state index in [4.69, 9.17) is 9.15 Å². The van der Waals surface area contributed by atoms with E-state index in [1.807, 2.05) is 6.92 Å². The SMILES string of the molecule is CC[NH+](CC(=O)Nc1ccc(OC)cc1)Cc1cc(=O)oc2c(C)c(O)ccc12. The van der Waals surface area contributed by atoms with E-state index in [-0.39, 0.29) is 18.2 Å². The second-order valence-electron chi connectivity index (χ2n) is 6.91. The van der Waals surface area contributed by atoms with E-state index in [2.05, 4.69) is 5.32 Å². The number of hydrogen-bond acceptors (Lipinski definition) is 5. The van der Waals surface area contributed by atoms with E-state index in [9.17, 15) is 14.7 Å². The van der Waals surface area contributed by atoms with Crippen molar-refractivity contribution < 1.29 is 24.0 Å². The molecule has 1 aromatic heterocycles. The highest BCUT2D eigenvalue weighted by atomic mass is 16.5. The summed E-state index contributed by atoms with van der Waals surface area (Å²) >= 11 is 0. The number of ether oxygens (including phenoxy) is 1. The molecule has 1 atom stereocenters. The number of benzene rings is 2. The lowest BCUT2D eigenvalue weighted by Gasteiger charge is -2.18. The number of aromatic hydroxyl groups is 1. The van der Waals surface area contributed by atoms with Crippen molar-refractivity contribution in [3.05, 3.63) is 64.0 Å². The van der Waals surface area contributed by atoms with E-state index in [0.717, 1.165) is 21.6 Å². The average molecular weight is 397 g/mol. The normalized spacial score (nSPS) is 12.0. The summed E-state index contributed by atoms with van der Waals surface area (Å²) in [7, 11) is 1.59. The number of nitrogens with one attached hydrogen (secondary N) is 2. The van der Waals surface area contributed by atoms with Crippen LogP contribution in [0.1, 0.15) is 18.1 Å². The first-order valence-electron chi connectivity index (χ1n) is 9.44. The van der Waals surface area contributed by atoms with Gasteiger partial charge in [-0.3, -0.25) is 4.79 Å². The van der Waals surface area contributed by atoms with Crippen LogP contribution >= 0.6 is 0 Å². The molecule has 0 fully saturated rings. The van der Waals surface area contributed by atoms with Gasteiger partial charge in [0.25, 0.3) is 5.91 Å². The molecule has 0 spiro atoms. The predicted molar refractivity (Wildman–Crippen MR) is 111 cm³/mol. The van der Waals surface area contributed by atoms with Gasteiger partial charge in [-0.15, -0.1) is 0 Å². The molecule has 0 saturated carbocycles. The number of fused-ring (bicyclic) bond motifs is 1. The number of likely N-dealkylation sites (N-methyl/N-ethyl adjacent to an activating group) is 1. The number of methoxy groups -OCH3 is 1. The number of hydrogen-bond donors (Lipinski definition) is 3. The number of carbonyl (C=O) groups excluding carboxylic acids is 1. The standard InChI is InChI=1S/C22H24N2O5/c1-4-24(13-20(26)23-16-5-7-17(28-3)8-6-16)12-15-11-21(27)29-22-14(2)19(25)10-9-18(15)22/h5-11,25H,4,12-13H2,1-3H3,(H,23,26)/p+1. The summed E-state index contributed by atoms with van der Waals surface area (Å²) in [5.74, 6) is 0.685. The van der Waals surface area contributed by atoms with Crippen LogP contribution in [0.25, 0.3) is 11.0 Å². The number of amides is 1. The minimum absolute atomic E-state index is 0.0800. The van der Waals surface area contributed by atoms with Gasteiger partial charge in [-0.05, 0) is 50.2 Å². The summed E-state index contributed by atoms with van der Waals surface area (Å²) < 4.78 is 10.4. The zero-order valence-corrected chi connectivity index (χ0v) is 16.7. The first-order valence-corrected chi connectivity index (χ1v) is 9.44. The molecule has 3 rings (SSSR count). The summed E-state index contributed by atoms with van der Waals surface area (Å²) in [6, 6.07) is 11.9. The van der Waals surface area contributed by atoms with Gasteiger partial charge in [0.2, 0.25) is 0 Å². The van der Waals surface area contributed by atoms with Crippen LogP contribution in [-0.2, 0) is 11.3 Å². The van der Waals surface area contributed by atoms with E-state index >= 15 is 0 Å². The Kier molecular flexibility index (Phi) is 6.19. The highest BCUT2D eigenvalue weighted by Crippen LogP contribution is 2.27. The van der Waals surface area contributed by atoms with Crippen molar-refractivity contribution in [1.29, 1.82) is 0 Å².